The van der Waals surface area contributed by atoms with Gasteiger partial charge in [-0.25, -0.2) is 0 Å². The van der Waals surface area contributed by atoms with Crippen LogP contribution in [-0.2, 0) is 11.3 Å². The molecule has 0 bridgehead atoms. The van der Waals surface area contributed by atoms with E-state index in [1.807, 2.05) is 69.5 Å². The Kier molecular flexibility index (Phi) is 8.27. The van der Waals surface area contributed by atoms with Gasteiger partial charge in [-0.2, -0.15) is 0 Å². The van der Waals surface area contributed by atoms with Crippen molar-refractivity contribution in [3.8, 4) is 0 Å². The number of carbonyl (C=O) groups excluding carboxylic acids is 2. The van der Waals surface area contributed by atoms with E-state index in [1.54, 1.807) is 12.1 Å². The zero-order valence-corrected chi connectivity index (χ0v) is 20.6. The lowest BCUT2D eigenvalue weighted by Gasteiger charge is -2.22. The Labute approximate surface area is 199 Å². The molecule has 8 heteroatoms. The van der Waals surface area contributed by atoms with E-state index in [1.165, 1.54) is 11.8 Å². The Morgan fingerprint density at radius 1 is 1.03 bits per heavy atom. The largest absolute Gasteiger partial charge is 0.342 e. The summed E-state index contributed by atoms with van der Waals surface area (Å²) in [5.41, 5.74) is 3.60. The van der Waals surface area contributed by atoms with Crippen LogP contribution in [0.25, 0.3) is 0 Å². The predicted octanol–water partition coefficient (Wildman–Crippen LogP) is 4.77. The number of hydrogen-bond acceptors (Lipinski definition) is 5. The second kappa shape index (κ2) is 11.1. The highest BCUT2D eigenvalue weighted by molar-refractivity contribution is 7.99. The van der Waals surface area contributed by atoms with Crippen LogP contribution in [0, 0.1) is 19.8 Å². The van der Waals surface area contributed by atoms with E-state index in [0.717, 1.165) is 16.8 Å². The number of nitrogens with one attached hydrogen (secondary N) is 2. The summed E-state index contributed by atoms with van der Waals surface area (Å²) in [4.78, 5) is 25.3. The number of rotatable bonds is 9. The van der Waals surface area contributed by atoms with Gasteiger partial charge in [-0.15, -0.1) is 10.2 Å². The lowest BCUT2D eigenvalue weighted by molar-refractivity contribution is -0.113. The fourth-order valence-corrected chi connectivity index (χ4v) is 4.46. The monoisotopic (exact) mass is 465 g/mol. The maximum absolute atomic E-state index is 12.7. The van der Waals surface area contributed by atoms with Crippen molar-refractivity contribution in [3.63, 3.8) is 0 Å². The van der Waals surface area contributed by atoms with E-state index in [2.05, 4.69) is 26.9 Å². The first kappa shape index (κ1) is 24.5. The molecule has 3 aromatic rings. The van der Waals surface area contributed by atoms with Crippen LogP contribution in [0.3, 0.4) is 0 Å². The van der Waals surface area contributed by atoms with Gasteiger partial charge in [0.2, 0.25) is 5.91 Å². The molecule has 7 nitrogen and oxygen atoms in total. The quantitative estimate of drug-likeness (QED) is 0.444. The van der Waals surface area contributed by atoms with Gasteiger partial charge in [-0.1, -0.05) is 49.9 Å². The number of nitrogens with zero attached hydrogens (tertiary/aromatic N) is 3. The van der Waals surface area contributed by atoms with Gasteiger partial charge in [0.1, 0.15) is 0 Å². The number of anilines is 1. The number of aryl methyl sites for hydroxylation is 2. The molecule has 1 aromatic heterocycles. The van der Waals surface area contributed by atoms with Gasteiger partial charge in [-0.3, -0.25) is 9.59 Å². The van der Waals surface area contributed by atoms with Gasteiger partial charge >= 0.3 is 0 Å². The summed E-state index contributed by atoms with van der Waals surface area (Å²) in [6, 6.07) is 14.8. The lowest BCUT2D eigenvalue weighted by atomic mass is 10.0. The van der Waals surface area contributed by atoms with Crippen molar-refractivity contribution in [3.05, 3.63) is 71.0 Å². The number of benzene rings is 2. The van der Waals surface area contributed by atoms with Crippen LogP contribution in [0.4, 0.5) is 5.69 Å². The van der Waals surface area contributed by atoms with Crippen LogP contribution >= 0.6 is 11.8 Å². The average Bonchev–Trinajstić information content (AvgIpc) is 3.18. The highest BCUT2D eigenvalue weighted by Crippen LogP contribution is 2.26. The molecule has 0 unspecified atom stereocenters. The third kappa shape index (κ3) is 6.44. The number of carbonyl (C=O) groups is 2. The Morgan fingerprint density at radius 3 is 2.30 bits per heavy atom. The second-order valence-electron chi connectivity index (χ2n) is 8.36. The van der Waals surface area contributed by atoms with E-state index >= 15 is 0 Å². The highest BCUT2D eigenvalue weighted by atomic mass is 32.2. The summed E-state index contributed by atoms with van der Waals surface area (Å²) in [5.74, 6) is 0.761. The predicted molar refractivity (Wildman–Crippen MR) is 132 cm³/mol. The smallest absolute Gasteiger partial charge is 0.251 e. The summed E-state index contributed by atoms with van der Waals surface area (Å²) < 4.78 is 1.96. The van der Waals surface area contributed by atoms with Gasteiger partial charge in [0, 0.05) is 17.8 Å². The van der Waals surface area contributed by atoms with Gasteiger partial charge in [0.25, 0.3) is 5.91 Å². The van der Waals surface area contributed by atoms with E-state index in [-0.39, 0.29) is 29.5 Å². The molecular weight excluding hydrogens is 434 g/mol. The number of thioether (sulfide) groups is 1. The molecule has 2 aromatic carbocycles. The molecule has 174 valence electrons. The van der Waals surface area contributed by atoms with E-state index < -0.39 is 0 Å². The van der Waals surface area contributed by atoms with Crippen LogP contribution < -0.4 is 10.6 Å². The van der Waals surface area contributed by atoms with E-state index in [0.29, 0.717) is 23.1 Å². The number of hydrogen-bond donors (Lipinski definition) is 2. The highest BCUT2D eigenvalue weighted by Gasteiger charge is 2.26. The summed E-state index contributed by atoms with van der Waals surface area (Å²) in [6.45, 7) is 10.7. The van der Waals surface area contributed by atoms with Crippen LogP contribution in [-0.4, -0.2) is 32.3 Å². The second-order valence-corrected chi connectivity index (χ2v) is 9.30. The molecule has 2 amide bonds. The SMILES string of the molecule is CCn1c(SCC(=O)Nc2cc(C)cc(C)c2)nnc1[C@@H](NC(=O)c1ccccc1)C(C)C. The standard InChI is InChI=1S/C25H31N5O2S/c1-6-30-23(22(16(2)3)27-24(32)19-10-8-7-9-11-19)28-29-25(30)33-15-21(31)26-20-13-17(4)12-18(5)14-20/h7-14,16,22H,6,15H2,1-5H3,(H,26,31)(H,27,32)/t22-/m0/s1. The maximum atomic E-state index is 12.7. The van der Waals surface area contributed by atoms with E-state index in [9.17, 15) is 9.59 Å². The third-order valence-corrected chi connectivity index (χ3v) is 6.13. The number of aromatic nitrogens is 3. The molecule has 0 spiro atoms. The number of amides is 2. The van der Waals surface area contributed by atoms with Crippen molar-refractivity contribution in [1.29, 1.82) is 0 Å². The first-order valence-corrected chi connectivity index (χ1v) is 12.1. The van der Waals surface area contributed by atoms with Crippen LogP contribution in [0.5, 0.6) is 0 Å². The van der Waals surface area contributed by atoms with Gasteiger partial charge in [-0.05, 0) is 62.1 Å². The lowest BCUT2D eigenvalue weighted by Crippen LogP contribution is -2.33. The van der Waals surface area contributed by atoms with Crippen LogP contribution in [0.1, 0.15) is 54.1 Å². The molecule has 33 heavy (non-hydrogen) atoms. The molecule has 0 saturated carbocycles. The third-order valence-electron chi connectivity index (χ3n) is 5.17. The van der Waals surface area contributed by atoms with E-state index in [4.69, 9.17) is 0 Å². The average molecular weight is 466 g/mol. The maximum Gasteiger partial charge on any atom is 0.251 e. The minimum atomic E-state index is -0.302. The molecule has 0 fully saturated rings. The van der Waals surface area contributed by atoms with Crippen LogP contribution in [0.15, 0.2) is 53.7 Å². The van der Waals surface area contributed by atoms with Crippen molar-refractivity contribution in [2.45, 2.75) is 52.4 Å². The minimum absolute atomic E-state index is 0.102. The molecule has 0 aliphatic heterocycles. The summed E-state index contributed by atoms with van der Waals surface area (Å²) in [6.07, 6.45) is 0. The van der Waals surface area contributed by atoms with Crippen molar-refractivity contribution in [1.82, 2.24) is 20.1 Å². The molecule has 0 radical (unpaired) electrons. The van der Waals surface area contributed by atoms with Gasteiger partial charge in [0.15, 0.2) is 11.0 Å². The Bertz CT molecular complexity index is 1090. The summed E-state index contributed by atoms with van der Waals surface area (Å²) in [5, 5.41) is 15.4. The molecule has 0 aliphatic rings. The Hall–Kier alpha value is -3.13. The summed E-state index contributed by atoms with van der Waals surface area (Å²) >= 11 is 1.34. The molecule has 1 atom stereocenters. The summed E-state index contributed by atoms with van der Waals surface area (Å²) in [7, 11) is 0. The molecule has 3 rings (SSSR count). The van der Waals surface area contributed by atoms with Crippen molar-refractivity contribution in [2.75, 3.05) is 11.1 Å². The van der Waals surface area contributed by atoms with Gasteiger partial charge < -0.3 is 15.2 Å². The molecule has 0 aliphatic carbocycles. The normalized spacial score (nSPS) is 11.9. The topological polar surface area (TPSA) is 88.9 Å². The van der Waals surface area contributed by atoms with Crippen molar-refractivity contribution < 1.29 is 9.59 Å². The zero-order chi connectivity index (χ0) is 24.0. The molecule has 1 heterocycles. The first-order valence-electron chi connectivity index (χ1n) is 11.1. The Balaban J connectivity index is 1.70. The first-order chi connectivity index (χ1) is 15.8. The minimum Gasteiger partial charge on any atom is -0.342 e. The van der Waals surface area contributed by atoms with Crippen molar-refractivity contribution in [2.24, 2.45) is 5.92 Å². The molecular formula is C25H31N5O2S. The zero-order valence-electron chi connectivity index (χ0n) is 19.8. The molecule has 2 N–H and O–H groups in total. The van der Waals surface area contributed by atoms with Gasteiger partial charge in [0.05, 0.1) is 11.8 Å². The fraction of sp³-hybridized carbons (Fsp3) is 0.360. The fourth-order valence-electron chi connectivity index (χ4n) is 3.65. The van der Waals surface area contributed by atoms with Crippen molar-refractivity contribution >= 4 is 29.3 Å². The van der Waals surface area contributed by atoms with Crippen LogP contribution in [0.2, 0.25) is 0 Å². The Morgan fingerprint density at radius 2 is 1.70 bits per heavy atom. The molecule has 0 saturated heterocycles.